The van der Waals surface area contributed by atoms with Crippen LogP contribution in [-0.4, -0.2) is 41.4 Å². The minimum absolute atomic E-state index is 0.0400. The van der Waals surface area contributed by atoms with Crippen LogP contribution in [-0.2, 0) is 15.4 Å². The molecule has 3 aromatic heterocycles. The van der Waals surface area contributed by atoms with Gasteiger partial charge < -0.3 is 10.2 Å². The zero-order valence-corrected chi connectivity index (χ0v) is 28.5. The maximum atomic E-state index is 13.7. The van der Waals surface area contributed by atoms with Crippen molar-refractivity contribution >= 4 is 33.6 Å². The number of hydrogen-bond acceptors (Lipinski definition) is 8. The number of nitrogens with zero attached hydrogens (tertiary/aromatic N) is 4. The Bertz CT molecular complexity index is 1720. The third-order valence-corrected chi connectivity index (χ3v) is 9.69. The maximum absolute atomic E-state index is 13.7. The molecule has 4 bridgehead atoms. The van der Waals surface area contributed by atoms with Crippen molar-refractivity contribution in [2.24, 2.45) is 11.3 Å². The van der Waals surface area contributed by atoms with Gasteiger partial charge in [-0.25, -0.2) is 14.7 Å². The molecule has 0 aliphatic carbocycles. The van der Waals surface area contributed by atoms with Crippen molar-refractivity contribution in [3.05, 3.63) is 77.3 Å². The molecule has 5 heterocycles. The first-order chi connectivity index (χ1) is 20.9. The minimum atomic E-state index is -4.28. The molecule has 2 aliphatic rings. The molecule has 0 saturated carbocycles. The predicted octanol–water partition coefficient (Wildman–Crippen LogP) is 6.90. The Kier molecular flexibility index (Phi) is 8.59. The number of anilines is 2. The second kappa shape index (κ2) is 11.9. The zero-order chi connectivity index (χ0) is 32.8. The number of carbonyl (C=O) groups excluding carboxylic acids is 1. The molecular weight excluding hydrogens is 584 g/mol. The van der Waals surface area contributed by atoms with Gasteiger partial charge in [-0.05, 0) is 86.4 Å². The summed E-state index contributed by atoms with van der Waals surface area (Å²) in [5.41, 5.74) is 2.44. The van der Waals surface area contributed by atoms with Gasteiger partial charge in [-0.1, -0.05) is 59.8 Å². The Hall–Kier alpha value is -3.79. The molecule has 9 nitrogen and oxygen atoms in total. The van der Waals surface area contributed by atoms with Crippen molar-refractivity contribution in [1.29, 1.82) is 0 Å². The number of nitrogens with one attached hydrogen (secondary N) is 2. The summed E-state index contributed by atoms with van der Waals surface area (Å²) < 4.78 is 29.3. The quantitative estimate of drug-likeness (QED) is 0.314. The number of allylic oxidation sites excluding steroid dienone is 1. The highest BCUT2D eigenvalue weighted by Crippen LogP contribution is 2.41. The van der Waals surface area contributed by atoms with Gasteiger partial charge in [0.05, 0.1) is 17.3 Å². The Labute approximate surface area is 268 Å². The number of carbonyl (C=O) groups is 1. The summed E-state index contributed by atoms with van der Waals surface area (Å²) in [7, 11) is -4.28. The number of hydrogen-bond donors (Lipinski definition) is 2. The fraction of sp³-hybridized carbons (Fsp3) is 0.486. The Morgan fingerprint density at radius 3 is 2.47 bits per heavy atom. The van der Waals surface area contributed by atoms with Crippen LogP contribution in [0.1, 0.15) is 108 Å². The van der Waals surface area contributed by atoms with Gasteiger partial charge in [-0.3, -0.25) is 9.78 Å². The molecule has 2 aliphatic heterocycles. The van der Waals surface area contributed by atoms with Crippen LogP contribution in [0.5, 0.6) is 0 Å². The van der Waals surface area contributed by atoms with Crippen LogP contribution in [0.25, 0.3) is 6.08 Å². The van der Waals surface area contributed by atoms with Crippen LogP contribution in [0.3, 0.4) is 0 Å². The molecule has 1 saturated heterocycles. The lowest BCUT2D eigenvalue weighted by molar-refractivity contribution is 0.0981. The van der Waals surface area contributed by atoms with E-state index in [1.165, 1.54) is 6.07 Å². The van der Waals surface area contributed by atoms with Gasteiger partial charge >= 0.3 is 0 Å². The van der Waals surface area contributed by atoms with Crippen LogP contribution < -0.4 is 14.9 Å². The summed E-state index contributed by atoms with van der Waals surface area (Å²) >= 11 is 0. The topological polar surface area (TPSA) is 117 Å². The van der Waals surface area contributed by atoms with E-state index >= 15 is 0 Å². The highest BCUT2D eigenvalue weighted by Gasteiger charge is 2.41. The Morgan fingerprint density at radius 1 is 1.00 bits per heavy atom. The average Bonchev–Trinajstić information content (AvgIpc) is 3.26. The van der Waals surface area contributed by atoms with E-state index in [4.69, 9.17) is 9.97 Å². The third kappa shape index (κ3) is 7.54. The zero-order valence-electron chi connectivity index (χ0n) is 27.7. The summed E-state index contributed by atoms with van der Waals surface area (Å²) in [5.74, 6) is 0.494. The number of amides is 1. The molecule has 240 valence electrons. The molecule has 1 unspecified atom stereocenters. The van der Waals surface area contributed by atoms with E-state index in [9.17, 15) is 13.2 Å². The molecular formula is C35H46N6O3S. The van der Waals surface area contributed by atoms with Crippen molar-refractivity contribution < 1.29 is 13.2 Å². The normalized spacial score (nSPS) is 21.8. The van der Waals surface area contributed by atoms with Crippen molar-refractivity contribution in [2.45, 2.75) is 96.7 Å². The molecule has 45 heavy (non-hydrogen) atoms. The first kappa shape index (κ1) is 32.6. The second-order valence-corrected chi connectivity index (χ2v) is 16.7. The van der Waals surface area contributed by atoms with Gasteiger partial charge in [0, 0.05) is 29.4 Å². The highest BCUT2D eigenvalue weighted by atomic mass is 32.2. The number of rotatable bonds is 2. The van der Waals surface area contributed by atoms with Gasteiger partial charge in [0.25, 0.3) is 15.9 Å². The molecule has 0 radical (unpaired) electrons. The lowest BCUT2D eigenvalue weighted by atomic mass is 9.90. The molecule has 2 atom stereocenters. The third-order valence-electron chi connectivity index (χ3n) is 8.45. The summed E-state index contributed by atoms with van der Waals surface area (Å²) in [6, 6.07) is 12.1. The van der Waals surface area contributed by atoms with Gasteiger partial charge in [0.15, 0.2) is 5.03 Å². The van der Waals surface area contributed by atoms with Crippen LogP contribution in [0.4, 0.5) is 11.6 Å². The van der Waals surface area contributed by atoms with E-state index in [1.807, 2.05) is 18.3 Å². The maximum Gasteiger partial charge on any atom is 0.281 e. The second-order valence-electron chi connectivity index (χ2n) is 15.1. The van der Waals surface area contributed by atoms with Crippen molar-refractivity contribution in [1.82, 2.24) is 19.7 Å². The van der Waals surface area contributed by atoms with Crippen molar-refractivity contribution in [3.8, 4) is 0 Å². The van der Waals surface area contributed by atoms with E-state index in [1.54, 1.807) is 18.2 Å². The molecule has 1 fully saturated rings. The first-order valence-electron chi connectivity index (χ1n) is 15.7. The lowest BCUT2D eigenvalue weighted by Crippen LogP contribution is -2.41. The largest absolute Gasteiger partial charge is 0.362 e. The number of fused-ring (bicyclic) bond motifs is 6. The molecule has 0 spiro atoms. The van der Waals surface area contributed by atoms with Crippen molar-refractivity contribution in [3.63, 3.8) is 0 Å². The molecule has 3 aromatic rings. The predicted molar refractivity (Wildman–Crippen MR) is 180 cm³/mol. The Balaban J connectivity index is 1.59. The fourth-order valence-electron chi connectivity index (χ4n) is 6.06. The SMILES string of the molecule is CC(C)(C)/C=C/c1ccnc(C2CC[C@@H]3CN(c4nc(C(C)(C)C)ccc4C(=O)NS(=O)(=O)c4cccc(n4)N2)C(C)(C)C3)c1. The summed E-state index contributed by atoms with van der Waals surface area (Å²) in [6.07, 6.45) is 8.64. The lowest BCUT2D eigenvalue weighted by Gasteiger charge is -2.34. The first-order valence-corrected chi connectivity index (χ1v) is 17.1. The fourth-order valence-corrected chi connectivity index (χ4v) is 6.99. The van der Waals surface area contributed by atoms with Crippen LogP contribution >= 0.6 is 0 Å². The molecule has 2 N–H and O–H groups in total. The minimum Gasteiger partial charge on any atom is -0.362 e. The van der Waals surface area contributed by atoms with Crippen LogP contribution in [0, 0.1) is 11.3 Å². The molecule has 1 amide bonds. The standard InChI is InChI=1S/C35H46N6O3S/c1-33(2,3)18-16-23-17-19-36-27(20-23)26-14-12-24-21-35(7,8)41(22-24)31-25(13-15-28(38-31)34(4,5)6)32(42)40-45(43,44)30-11-9-10-29(37-26)39-30/h9-11,13,15-20,24,26H,12,14,21-22H2,1-8H3,(H,37,39)(H,40,42)/b18-16+/t24-,26?/m0/s1. The monoisotopic (exact) mass is 630 g/mol. The molecule has 0 aromatic carbocycles. The number of aromatic nitrogens is 3. The van der Waals surface area contributed by atoms with Gasteiger partial charge in [-0.2, -0.15) is 8.42 Å². The van der Waals surface area contributed by atoms with Crippen molar-refractivity contribution in [2.75, 3.05) is 16.8 Å². The summed E-state index contributed by atoms with van der Waals surface area (Å²) in [6.45, 7) is 17.7. The van der Waals surface area contributed by atoms with E-state index in [2.05, 4.69) is 93.5 Å². The van der Waals surface area contributed by atoms with Crippen LogP contribution in [0.15, 0.2) is 59.8 Å². The van der Waals surface area contributed by atoms with E-state index < -0.39 is 15.9 Å². The van der Waals surface area contributed by atoms with E-state index in [0.717, 1.165) is 36.2 Å². The average molecular weight is 631 g/mol. The van der Waals surface area contributed by atoms with E-state index in [0.29, 0.717) is 24.1 Å². The molecule has 10 heteroatoms. The van der Waals surface area contributed by atoms with E-state index in [-0.39, 0.29) is 33.0 Å². The molecule has 5 rings (SSSR count). The number of sulfonamides is 1. The highest BCUT2D eigenvalue weighted by molar-refractivity contribution is 7.90. The summed E-state index contributed by atoms with van der Waals surface area (Å²) in [4.78, 5) is 30.0. The van der Waals surface area contributed by atoms with Gasteiger partial charge in [0.2, 0.25) is 0 Å². The summed E-state index contributed by atoms with van der Waals surface area (Å²) in [5, 5.41) is 3.23. The van der Waals surface area contributed by atoms with Crippen LogP contribution in [0.2, 0.25) is 0 Å². The smallest absolute Gasteiger partial charge is 0.281 e. The van der Waals surface area contributed by atoms with Gasteiger partial charge in [-0.15, -0.1) is 0 Å². The van der Waals surface area contributed by atoms with Gasteiger partial charge in [0.1, 0.15) is 11.6 Å². The number of pyridine rings is 3. The Morgan fingerprint density at radius 2 is 1.76 bits per heavy atom.